The molecule has 0 aliphatic heterocycles. The molecule has 0 aliphatic rings. The number of hydrogen-bond acceptors (Lipinski definition) is 2. The van der Waals surface area contributed by atoms with Gasteiger partial charge in [0.15, 0.2) is 0 Å². The van der Waals surface area contributed by atoms with Crippen LogP contribution in [0.15, 0.2) is 36.7 Å². The Kier molecular flexibility index (Phi) is 4.79. The molecule has 18 heavy (non-hydrogen) atoms. The predicted octanol–water partition coefficient (Wildman–Crippen LogP) is 3.35. The van der Waals surface area contributed by atoms with Crippen molar-refractivity contribution in [2.75, 3.05) is 6.54 Å². The van der Waals surface area contributed by atoms with E-state index in [4.69, 9.17) is 11.6 Å². The Morgan fingerprint density at radius 3 is 3.00 bits per heavy atom. The molecule has 4 heteroatoms. The van der Waals surface area contributed by atoms with E-state index in [9.17, 15) is 0 Å². The maximum Gasteiger partial charge on any atom is 0.123 e. The van der Waals surface area contributed by atoms with Gasteiger partial charge in [0.25, 0.3) is 0 Å². The molecule has 1 unspecified atom stereocenters. The first-order chi connectivity index (χ1) is 8.79. The number of hydrogen-bond donors (Lipinski definition) is 2. The van der Waals surface area contributed by atoms with Gasteiger partial charge in [-0.2, -0.15) is 0 Å². The summed E-state index contributed by atoms with van der Waals surface area (Å²) in [6.45, 7) is 3.14. The molecule has 0 bridgehead atoms. The molecular weight excluding hydrogens is 246 g/mol. The zero-order chi connectivity index (χ0) is 12.8. The second kappa shape index (κ2) is 6.57. The zero-order valence-electron chi connectivity index (χ0n) is 10.5. The Morgan fingerprint density at radius 1 is 1.44 bits per heavy atom. The van der Waals surface area contributed by atoms with Gasteiger partial charge in [0, 0.05) is 17.4 Å². The number of H-pyrrole nitrogens is 1. The number of nitrogens with one attached hydrogen (secondary N) is 2. The molecule has 2 rings (SSSR count). The molecule has 0 fully saturated rings. The molecule has 1 aromatic carbocycles. The highest BCUT2D eigenvalue weighted by Gasteiger charge is 2.13. The first-order valence-corrected chi connectivity index (χ1v) is 6.64. The van der Waals surface area contributed by atoms with Gasteiger partial charge in [-0.15, -0.1) is 0 Å². The molecule has 0 spiro atoms. The molecule has 0 radical (unpaired) electrons. The maximum absolute atomic E-state index is 6.01. The van der Waals surface area contributed by atoms with Crippen molar-refractivity contribution >= 4 is 11.6 Å². The number of imidazole rings is 1. The van der Waals surface area contributed by atoms with Gasteiger partial charge in [0.1, 0.15) is 5.82 Å². The van der Waals surface area contributed by atoms with Crippen LogP contribution in [0.3, 0.4) is 0 Å². The molecule has 96 valence electrons. The topological polar surface area (TPSA) is 40.7 Å². The lowest BCUT2D eigenvalue weighted by Gasteiger charge is -2.16. The largest absolute Gasteiger partial charge is 0.347 e. The number of benzene rings is 1. The van der Waals surface area contributed by atoms with Crippen molar-refractivity contribution in [3.05, 3.63) is 53.1 Å². The highest BCUT2D eigenvalue weighted by atomic mass is 35.5. The molecule has 0 aliphatic carbocycles. The van der Waals surface area contributed by atoms with E-state index in [1.165, 1.54) is 5.56 Å². The van der Waals surface area contributed by atoms with Gasteiger partial charge >= 0.3 is 0 Å². The van der Waals surface area contributed by atoms with Crippen molar-refractivity contribution in [2.45, 2.75) is 25.8 Å². The molecule has 1 atom stereocenters. The number of rotatable bonds is 6. The summed E-state index contributed by atoms with van der Waals surface area (Å²) >= 11 is 6.01. The van der Waals surface area contributed by atoms with Crippen molar-refractivity contribution in [1.82, 2.24) is 15.3 Å². The monoisotopic (exact) mass is 263 g/mol. The smallest absolute Gasteiger partial charge is 0.123 e. The highest BCUT2D eigenvalue weighted by Crippen LogP contribution is 2.18. The first kappa shape index (κ1) is 13.1. The van der Waals surface area contributed by atoms with Crippen molar-refractivity contribution in [1.29, 1.82) is 0 Å². The molecule has 0 saturated carbocycles. The van der Waals surface area contributed by atoms with Crippen molar-refractivity contribution < 1.29 is 0 Å². The van der Waals surface area contributed by atoms with Crippen LogP contribution in [-0.2, 0) is 6.42 Å². The lowest BCUT2D eigenvalue weighted by atomic mass is 10.1. The van der Waals surface area contributed by atoms with Crippen LogP contribution < -0.4 is 5.32 Å². The van der Waals surface area contributed by atoms with Gasteiger partial charge in [-0.25, -0.2) is 4.98 Å². The summed E-state index contributed by atoms with van der Waals surface area (Å²) in [4.78, 5) is 7.51. The van der Waals surface area contributed by atoms with Gasteiger partial charge in [-0.3, -0.25) is 0 Å². The second-order valence-electron chi connectivity index (χ2n) is 4.32. The third kappa shape index (κ3) is 3.59. The summed E-state index contributed by atoms with van der Waals surface area (Å²) in [5.41, 5.74) is 1.22. The van der Waals surface area contributed by atoms with Crippen LogP contribution >= 0.6 is 11.6 Å². The van der Waals surface area contributed by atoms with Crippen LogP contribution in [0.2, 0.25) is 5.02 Å². The van der Waals surface area contributed by atoms with Crippen LogP contribution in [-0.4, -0.2) is 16.5 Å². The van der Waals surface area contributed by atoms with E-state index < -0.39 is 0 Å². The lowest BCUT2D eigenvalue weighted by molar-refractivity contribution is 0.508. The first-order valence-electron chi connectivity index (χ1n) is 6.26. The van der Waals surface area contributed by atoms with E-state index in [1.807, 2.05) is 24.4 Å². The van der Waals surface area contributed by atoms with Gasteiger partial charge in [0.2, 0.25) is 0 Å². The molecule has 2 aromatic rings. The molecular formula is C14H18ClN3. The Balaban J connectivity index is 2.10. The SMILES string of the molecule is CCCNC(Cc1cccc(Cl)c1)c1ncc[nH]1. The molecule has 1 aromatic heterocycles. The quantitative estimate of drug-likeness (QED) is 0.839. The summed E-state index contributed by atoms with van der Waals surface area (Å²) in [6.07, 6.45) is 5.63. The molecule has 0 saturated heterocycles. The van der Waals surface area contributed by atoms with Crippen LogP contribution in [0.25, 0.3) is 0 Å². The van der Waals surface area contributed by atoms with Crippen molar-refractivity contribution in [3.63, 3.8) is 0 Å². The number of nitrogens with zero attached hydrogens (tertiary/aromatic N) is 1. The summed E-state index contributed by atoms with van der Waals surface area (Å²) in [5, 5.41) is 4.28. The lowest BCUT2D eigenvalue weighted by Crippen LogP contribution is -2.25. The minimum absolute atomic E-state index is 0.207. The fourth-order valence-corrected chi connectivity index (χ4v) is 2.16. The Morgan fingerprint density at radius 2 is 2.33 bits per heavy atom. The Bertz CT molecular complexity index is 468. The molecule has 1 heterocycles. The van der Waals surface area contributed by atoms with Crippen molar-refractivity contribution in [2.24, 2.45) is 0 Å². The average Bonchev–Trinajstić information content (AvgIpc) is 2.88. The van der Waals surface area contributed by atoms with E-state index in [1.54, 1.807) is 6.20 Å². The van der Waals surface area contributed by atoms with Gasteiger partial charge in [0.05, 0.1) is 6.04 Å². The van der Waals surface area contributed by atoms with Crippen LogP contribution in [0.4, 0.5) is 0 Å². The predicted molar refractivity (Wildman–Crippen MR) is 74.8 cm³/mol. The fourth-order valence-electron chi connectivity index (χ4n) is 1.95. The minimum Gasteiger partial charge on any atom is -0.347 e. The van der Waals surface area contributed by atoms with Crippen molar-refractivity contribution in [3.8, 4) is 0 Å². The highest BCUT2D eigenvalue weighted by molar-refractivity contribution is 6.30. The molecule has 3 nitrogen and oxygen atoms in total. The number of halogens is 1. The van der Waals surface area contributed by atoms with Crippen LogP contribution in [0.1, 0.15) is 30.8 Å². The maximum atomic E-state index is 6.01. The number of aromatic nitrogens is 2. The Labute approximate surface area is 113 Å². The van der Waals surface area contributed by atoms with Gasteiger partial charge < -0.3 is 10.3 Å². The minimum atomic E-state index is 0.207. The molecule has 2 N–H and O–H groups in total. The summed E-state index contributed by atoms with van der Waals surface area (Å²) in [7, 11) is 0. The van der Waals surface area contributed by atoms with E-state index >= 15 is 0 Å². The second-order valence-corrected chi connectivity index (χ2v) is 4.75. The van der Waals surface area contributed by atoms with Crippen LogP contribution in [0.5, 0.6) is 0 Å². The fraction of sp³-hybridized carbons (Fsp3) is 0.357. The summed E-state index contributed by atoms with van der Waals surface area (Å²) < 4.78 is 0. The molecule has 0 amide bonds. The standard InChI is InChI=1S/C14H18ClN3/c1-2-6-16-13(14-17-7-8-18-14)10-11-4-3-5-12(15)9-11/h3-5,7-9,13,16H,2,6,10H2,1H3,(H,17,18). The Hall–Kier alpha value is -1.32. The summed E-state index contributed by atoms with van der Waals surface area (Å²) in [5.74, 6) is 0.975. The van der Waals surface area contributed by atoms with Gasteiger partial charge in [-0.1, -0.05) is 30.7 Å². The average molecular weight is 264 g/mol. The van der Waals surface area contributed by atoms with E-state index in [2.05, 4.69) is 28.3 Å². The van der Waals surface area contributed by atoms with Gasteiger partial charge in [-0.05, 0) is 37.1 Å². The summed E-state index contributed by atoms with van der Waals surface area (Å²) in [6, 6.07) is 8.18. The van der Waals surface area contributed by atoms with E-state index in [0.717, 1.165) is 30.2 Å². The normalized spacial score (nSPS) is 12.6. The third-order valence-electron chi connectivity index (χ3n) is 2.82. The van der Waals surface area contributed by atoms with E-state index in [-0.39, 0.29) is 6.04 Å². The van der Waals surface area contributed by atoms with Crippen LogP contribution in [0, 0.1) is 0 Å². The third-order valence-corrected chi connectivity index (χ3v) is 3.05. The van der Waals surface area contributed by atoms with E-state index in [0.29, 0.717) is 0 Å². The number of aromatic amines is 1. The zero-order valence-corrected chi connectivity index (χ0v) is 11.2.